The van der Waals surface area contributed by atoms with Crippen molar-refractivity contribution in [3.05, 3.63) is 60.4 Å². The van der Waals surface area contributed by atoms with Gasteiger partial charge in [0.25, 0.3) is 0 Å². The summed E-state index contributed by atoms with van der Waals surface area (Å²) in [5, 5.41) is 12.4. The van der Waals surface area contributed by atoms with E-state index in [4.69, 9.17) is 9.72 Å². The number of carbonyl (C=O) groups is 1. The van der Waals surface area contributed by atoms with Gasteiger partial charge in [-0.15, -0.1) is 21.5 Å². The number of hydrogen-bond acceptors (Lipinski definition) is 8. The molecule has 2 aromatic carbocycles. The fourth-order valence-corrected chi connectivity index (χ4v) is 5.86. The Morgan fingerprint density at radius 2 is 1.91 bits per heavy atom. The van der Waals surface area contributed by atoms with Crippen molar-refractivity contribution in [2.75, 3.05) is 19.5 Å². The molecule has 0 saturated carbocycles. The largest absolute Gasteiger partial charge is 0.383 e. The van der Waals surface area contributed by atoms with Gasteiger partial charge in [0.1, 0.15) is 5.82 Å². The molecule has 2 heterocycles. The molecule has 1 unspecified atom stereocenters. The highest BCUT2D eigenvalue weighted by molar-refractivity contribution is 8.00. The lowest BCUT2D eigenvalue weighted by Crippen LogP contribution is -2.36. The molecule has 0 aliphatic heterocycles. The van der Waals surface area contributed by atoms with Crippen molar-refractivity contribution in [2.24, 2.45) is 0 Å². The van der Waals surface area contributed by atoms with E-state index in [2.05, 4.69) is 21.6 Å². The normalized spacial score (nSPS) is 12.2. The molecule has 0 radical (unpaired) electrons. The molecule has 4 aromatic rings. The third-order valence-corrected chi connectivity index (χ3v) is 7.57. The quantitative estimate of drug-likeness (QED) is 0.333. The Hall–Kier alpha value is -2.40. The molecule has 32 heavy (non-hydrogen) atoms. The first-order valence-electron chi connectivity index (χ1n) is 10.0. The maximum Gasteiger partial charge on any atom is 0.230 e. The van der Waals surface area contributed by atoms with Crippen molar-refractivity contribution in [2.45, 2.75) is 28.2 Å². The van der Waals surface area contributed by atoms with E-state index < -0.39 is 0 Å². The molecule has 0 aliphatic rings. The predicted octanol–water partition coefficient (Wildman–Crippen LogP) is 4.41. The third kappa shape index (κ3) is 5.69. The van der Waals surface area contributed by atoms with Crippen LogP contribution in [-0.4, -0.2) is 51.2 Å². The van der Waals surface area contributed by atoms with E-state index in [0.29, 0.717) is 17.5 Å². The van der Waals surface area contributed by atoms with Gasteiger partial charge in [-0.2, -0.15) is 0 Å². The van der Waals surface area contributed by atoms with Gasteiger partial charge in [0.05, 0.1) is 28.3 Å². The fraction of sp³-hybridized carbons (Fsp3) is 0.273. The van der Waals surface area contributed by atoms with Crippen molar-refractivity contribution in [1.29, 1.82) is 0 Å². The van der Waals surface area contributed by atoms with Gasteiger partial charge in [0, 0.05) is 18.8 Å². The van der Waals surface area contributed by atoms with Crippen molar-refractivity contribution in [3.8, 4) is 5.69 Å². The molecule has 166 valence electrons. The van der Waals surface area contributed by atoms with Crippen LogP contribution in [0, 0.1) is 0 Å². The van der Waals surface area contributed by atoms with Gasteiger partial charge in [-0.1, -0.05) is 53.9 Å². The van der Waals surface area contributed by atoms with Crippen LogP contribution in [0.15, 0.2) is 64.1 Å². The smallest absolute Gasteiger partial charge is 0.230 e. The zero-order valence-corrected chi connectivity index (χ0v) is 20.2. The number of benzene rings is 2. The SMILES string of the molecule is COCC(C)NC(=O)CSc1nnc(CSc2nc3ccccc3s2)n1-c1ccccc1. The molecule has 0 spiro atoms. The number of thioether (sulfide) groups is 2. The number of aromatic nitrogens is 4. The molecule has 10 heteroatoms. The van der Waals surface area contributed by atoms with Crippen LogP contribution in [0.4, 0.5) is 0 Å². The van der Waals surface area contributed by atoms with Crippen molar-refractivity contribution in [1.82, 2.24) is 25.1 Å². The minimum absolute atomic E-state index is 0.0409. The van der Waals surface area contributed by atoms with E-state index in [1.807, 2.05) is 60.0 Å². The second-order valence-electron chi connectivity index (χ2n) is 7.02. The summed E-state index contributed by atoms with van der Waals surface area (Å²) in [6.45, 7) is 2.39. The van der Waals surface area contributed by atoms with Gasteiger partial charge in [0.15, 0.2) is 9.50 Å². The van der Waals surface area contributed by atoms with E-state index in [0.717, 1.165) is 21.4 Å². The summed E-state index contributed by atoms with van der Waals surface area (Å²) in [4.78, 5) is 17.0. The first kappa shape index (κ1) is 22.8. The molecule has 0 saturated heterocycles. The summed E-state index contributed by atoms with van der Waals surface area (Å²) in [5.74, 6) is 1.63. The van der Waals surface area contributed by atoms with Crippen LogP contribution in [0.2, 0.25) is 0 Å². The molecule has 0 fully saturated rings. The molecule has 4 rings (SSSR count). The van der Waals surface area contributed by atoms with Crippen LogP contribution in [0.1, 0.15) is 12.7 Å². The second-order valence-corrected chi connectivity index (χ2v) is 10.2. The van der Waals surface area contributed by atoms with Crippen molar-refractivity contribution < 1.29 is 9.53 Å². The van der Waals surface area contributed by atoms with E-state index in [1.165, 1.54) is 16.5 Å². The van der Waals surface area contributed by atoms with Crippen molar-refractivity contribution >= 4 is 51.0 Å². The van der Waals surface area contributed by atoms with Crippen molar-refractivity contribution in [3.63, 3.8) is 0 Å². The number of methoxy groups -OCH3 is 1. The molecular formula is C22H23N5O2S3. The Balaban J connectivity index is 1.49. The highest BCUT2D eigenvalue weighted by Gasteiger charge is 2.17. The summed E-state index contributed by atoms with van der Waals surface area (Å²) in [6, 6.07) is 18.0. The van der Waals surface area contributed by atoms with Crippen LogP contribution >= 0.6 is 34.9 Å². The maximum atomic E-state index is 12.3. The molecule has 1 atom stereocenters. The number of carbonyl (C=O) groups excluding carboxylic acids is 1. The van der Waals surface area contributed by atoms with Crippen LogP contribution in [0.5, 0.6) is 0 Å². The highest BCUT2D eigenvalue weighted by atomic mass is 32.2. The van der Waals surface area contributed by atoms with Gasteiger partial charge in [-0.3, -0.25) is 9.36 Å². The van der Waals surface area contributed by atoms with Crippen LogP contribution < -0.4 is 5.32 Å². The molecule has 0 aliphatic carbocycles. The lowest BCUT2D eigenvalue weighted by atomic mass is 10.3. The molecule has 2 aromatic heterocycles. The molecule has 0 bridgehead atoms. The van der Waals surface area contributed by atoms with Gasteiger partial charge in [-0.25, -0.2) is 4.98 Å². The van der Waals surface area contributed by atoms with E-state index >= 15 is 0 Å². The summed E-state index contributed by atoms with van der Waals surface area (Å²) in [7, 11) is 1.62. The molecule has 1 amide bonds. The Labute approximate surface area is 199 Å². The number of amides is 1. The topological polar surface area (TPSA) is 81.9 Å². The second kappa shape index (κ2) is 11.0. The maximum absolute atomic E-state index is 12.3. The van der Waals surface area contributed by atoms with E-state index in [9.17, 15) is 4.79 Å². The number of ether oxygens (including phenoxy) is 1. The summed E-state index contributed by atoms with van der Waals surface area (Å²) >= 11 is 4.69. The number of hydrogen-bond donors (Lipinski definition) is 1. The van der Waals surface area contributed by atoms with Crippen LogP contribution in [0.3, 0.4) is 0 Å². The number of para-hydroxylation sites is 2. The number of thiazole rings is 1. The molecule has 1 N–H and O–H groups in total. The zero-order valence-electron chi connectivity index (χ0n) is 17.7. The average Bonchev–Trinajstić information content (AvgIpc) is 3.40. The number of nitrogens with zero attached hydrogens (tertiary/aromatic N) is 4. The predicted molar refractivity (Wildman–Crippen MR) is 131 cm³/mol. The van der Waals surface area contributed by atoms with Gasteiger partial charge in [-0.05, 0) is 31.2 Å². The zero-order chi connectivity index (χ0) is 22.3. The first-order chi connectivity index (χ1) is 15.6. The Bertz CT molecular complexity index is 1150. The minimum Gasteiger partial charge on any atom is -0.383 e. The highest BCUT2D eigenvalue weighted by Crippen LogP contribution is 2.32. The lowest BCUT2D eigenvalue weighted by molar-refractivity contribution is -0.119. The van der Waals surface area contributed by atoms with Gasteiger partial charge in [0.2, 0.25) is 5.91 Å². The first-order valence-corrected chi connectivity index (χ1v) is 12.8. The Kier molecular flexibility index (Phi) is 7.80. The van der Waals surface area contributed by atoms with Gasteiger partial charge >= 0.3 is 0 Å². The monoisotopic (exact) mass is 485 g/mol. The summed E-state index contributed by atoms with van der Waals surface area (Å²) in [6.07, 6.45) is 0. The fourth-order valence-electron chi connectivity index (χ4n) is 3.10. The Morgan fingerprint density at radius 1 is 1.12 bits per heavy atom. The average molecular weight is 486 g/mol. The third-order valence-electron chi connectivity index (χ3n) is 4.47. The van der Waals surface area contributed by atoms with Crippen LogP contribution in [0.25, 0.3) is 15.9 Å². The minimum atomic E-state index is -0.0624. The number of fused-ring (bicyclic) bond motifs is 1. The number of rotatable bonds is 10. The standard InChI is InChI=1S/C22H23N5O2S3/c1-15(12-29-2)23-20(28)14-30-21-26-25-19(27(21)16-8-4-3-5-9-16)13-31-22-24-17-10-6-7-11-18(17)32-22/h3-11,15H,12-14H2,1-2H3,(H,23,28). The summed E-state index contributed by atoms with van der Waals surface area (Å²) < 4.78 is 9.25. The van der Waals surface area contributed by atoms with Crippen LogP contribution in [-0.2, 0) is 15.3 Å². The summed E-state index contributed by atoms with van der Waals surface area (Å²) in [5.41, 5.74) is 1.97. The molecule has 7 nitrogen and oxygen atoms in total. The van der Waals surface area contributed by atoms with E-state index in [-0.39, 0.29) is 17.7 Å². The Morgan fingerprint density at radius 3 is 2.69 bits per heavy atom. The number of nitrogens with one attached hydrogen (secondary N) is 1. The molecular weight excluding hydrogens is 462 g/mol. The lowest BCUT2D eigenvalue weighted by Gasteiger charge is -2.13. The van der Waals surface area contributed by atoms with E-state index in [1.54, 1.807) is 30.2 Å². The van der Waals surface area contributed by atoms with Gasteiger partial charge < -0.3 is 10.1 Å².